The summed E-state index contributed by atoms with van der Waals surface area (Å²) in [5.41, 5.74) is -0.415. The molecule has 0 aromatic heterocycles. The molecular formula is C12H15BrN2O6. The highest BCUT2D eigenvalue weighted by molar-refractivity contribution is 9.10. The standard InChI is InChI=1S/C12H15BrN2O6/c1-2-3-4-9(16)21-12(18)14(19)8-6-5-7(13)11(17)10(8)15(12)20/h5-6,17-20H,2-4H2,1H3. The molecule has 0 radical (unpaired) electrons. The van der Waals surface area contributed by atoms with Crippen molar-refractivity contribution in [3.05, 3.63) is 16.6 Å². The van der Waals surface area contributed by atoms with Crippen LogP contribution in [0.1, 0.15) is 26.2 Å². The average Bonchev–Trinajstić information content (AvgIpc) is 2.63. The summed E-state index contributed by atoms with van der Waals surface area (Å²) in [6.45, 7) is 1.87. The van der Waals surface area contributed by atoms with Crippen LogP contribution in [0.15, 0.2) is 16.6 Å². The Hall–Kier alpha value is -1.55. The van der Waals surface area contributed by atoms with Gasteiger partial charge in [0, 0.05) is 6.42 Å². The van der Waals surface area contributed by atoms with Crippen molar-refractivity contribution < 1.29 is 30.2 Å². The SMILES string of the molecule is CCCCC(=O)OC1(O)N(O)c2ccc(Br)c(O)c2N1O. The van der Waals surface area contributed by atoms with Crippen molar-refractivity contribution in [2.75, 3.05) is 10.1 Å². The summed E-state index contributed by atoms with van der Waals surface area (Å²) in [4.78, 5) is 11.6. The average molecular weight is 363 g/mol. The van der Waals surface area contributed by atoms with Gasteiger partial charge in [0.05, 0.1) is 4.47 Å². The molecule has 9 heteroatoms. The smallest absolute Gasteiger partial charge is 0.434 e. The number of anilines is 2. The number of ether oxygens (including phenoxy) is 1. The minimum absolute atomic E-state index is 0.0203. The van der Waals surface area contributed by atoms with Crippen molar-refractivity contribution in [1.29, 1.82) is 0 Å². The number of aromatic hydroxyl groups is 1. The molecule has 1 heterocycles. The van der Waals surface area contributed by atoms with Gasteiger partial charge in [-0.25, -0.2) is 0 Å². The Kier molecular flexibility index (Phi) is 4.28. The van der Waals surface area contributed by atoms with Gasteiger partial charge < -0.3 is 14.9 Å². The molecule has 21 heavy (non-hydrogen) atoms. The quantitative estimate of drug-likeness (QED) is 0.474. The number of unbranched alkanes of at least 4 members (excludes halogenated alkanes) is 1. The summed E-state index contributed by atoms with van der Waals surface area (Å²) >= 11 is 3.04. The van der Waals surface area contributed by atoms with Gasteiger partial charge in [0.1, 0.15) is 11.4 Å². The van der Waals surface area contributed by atoms with Crippen molar-refractivity contribution in [3.8, 4) is 5.75 Å². The summed E-state index contributed by atoms with van der Waals surface area (Å²) in [5.74, 6) is -1.22. The summed E-state index contributed by atoms with van der Waals surface area (Å²) in [6, 6.07) is -0.110. The van der Waals surface area contributed by atoms with Crippen LogP contribution >= 0.6 is 15.9 Å². The third kappa shape index (κ3) is 2.53. The molecule has 1 aliphatic rings. The van der Waals surface area contributed by atoms with Crippen LogP contribution in [0.5, 0.6) is 5.75 Å². The number of rotatable bonds is 4. The van der Waals surface area contributed by atoms with Gasteiger partial charge in [0.25, 0.3) is 0 Å². The fourth-order valence-corrected chi connectivity index (χ4v) is 2.25. The first-order valence-corrected chi connectivity index (χ1v) is 7.06. The minimum Gasteiger partial charge on any atom is -0.504 e. The van der Waals surface area contributed by atoms with Gasteiger partial charge in [-0.1, -0.05) is 13.3 Å². The first-order chi connectivity index (χ1) is 9.82. The summed E-state index contributed by atoms with van der Waals surface area (Å²) < 4.78 is 4.98. The van der Waals surface area contributed by atoms with Crippen LogP contribution in [-0.4, -0.2) is 32.6 Å². The first-order valence-electron chi connectivity index (χ1n) is 6.26. The lowest BCUT2D eigenvalue weighted by molar-refractivity contribution is -0.249. The summed E-state index contributed by atoms with van der Waals surface area (Å²) in [6.07, 6.45) is 1.30. The molecular weight excluding hydrogens is 348 g/mol. The molecule has 116 valence electrons. The normalized spacial score (nSPS) is 20.6. The Balaban J connectivity index is 2.31. The molecule has 1 aromatic carbocycles. The van der Waals surface area contributed by atoms with Crippen molar-refractivity contribution in [2.45, 2.75) is 32.2 Å². The van der Waals surface area contributed by atoms with Gasteiger partial charge in [0.15, 0.2) is 5.75 Å². The van der Waals surface area contributed by atoms with E-state index in [0.29, 0.717) is 6.42 Å². The highest BCUT2D eigenvalue weighted by Gasteiger charge is 2.54. The van der Waals surface area contributed by atoms with Crippen LogP contribution in [0, 0.1) is 0 Å². The minimum atomic E-state index is -2.83. The maximum Gasteiger partial charge on any atom is 0.434 e. The van der Waals surface area contributed by atoms with Crippen LogP contribution in [-0.2, 0) is 9.53 Å². The van der Waals surface area contributed by atoms with Gasteiger partial charge in [-0.2, -0.15) is 10.1 Å². The van der Waals surface area contributed by atoms with Gasteiger partial charge in [-0.15, -0.1) is 0 Å². The summed E-state index contributed by atoms with van der Waals surface area (Å²) in [5, 5.41) is 40.3. The lowest BCUT2D eigenvalue weighted by Crippen LogP contribution is -2.58. The number of phenols is 1. The zero-order chi connectivity index (χ0) is 15.8. The van der Waals surface area contributed by atoms with E-state index in [0.717, 1.165) is 6.42 Å². The van der Waals surface area contributed by atoms with E-state index in [2.05, 4.69) is 15.9 Å². The monoisotopic (exact) mass is 362 g/mol. The zero-order valence-corrected chi connectivity index (χ0v) is 12.7. The second-order valence-corrected chi connectivity index (χ2v) is 5.39. The number of hydrogen-bond acceptors (Lipinski definition) is 8. The Labute approximate surface area is 128 Å². The number of hydrogen-bond donors (Lipinski definition) is 4. The Morgan fingerprint density at radius 1 is 1.38 bits per heavy atom. The maximum atomic E-state index is 11.6. The second kappa shape index (κ2) is 5.68. The van der Waals surface area contributed by atoms with Gasteiger partial charge >= 0.3 is 12.0 Å². The van der Waals surface area contributed by atoms with Crippen LogP contribution in [0.4, 0.5) is 11.4 Å². The van der Waals surface area contributed by atoms with E-state index in [1.165, 1.54) is 12.1 Å². The molecule has 4 N–H and O–H groups in total. The molecule has 0 bridgehead atoms. The Morgan fingerprint density at radius 2 is 2.05 bits per heavy atom. The molecule has 8 nitrogen and oxygen atoms in total. The molecule has 1 aliphatic heterocycles. The Bertz CT molecular complexity index is 569. The van der Waals surface area contributed by atoms with E-state index in [1.54, 1.807) is 0 Å². The number of fused-ring (bicyclic) bond motifs is 1. The van der Waals surface area contributed by atoms with Gasteiger partial charge in [-0.05, 0) is 34.5 Å². The lowest BCUT2D eigenvalue weighted by Gasteiger charge is -2.31. The molecule has 0 spiro atoms. The van der Waals surface area contributed by atoms with Gasteiger partial charge in [-0.3, -0.25) is 15.2 Å². The summed E-state index contributed by atoms with van der Waals surface area (Å²) in [7, 11) is 0. The molecule has 0 saturated carbocycles. The Morgan fingerprint density at radius 3 is 2.67 bits per heavy atom. The van der Waals surface area contributed by atoms with E-state index >= 15 is 0 Å². The van der Waals surface area contributed by atoms with Crippen molar-refractivity contribution in [1.82, 2.24) is 0 Å². The number of nitrogens with zero attached hydrogens (tertiary/aromatic N) is 2. The fourth-order valence-electron chi connectivity index (χ4n) is 1.93. The molecule has 1 unspecified atom stereocenters. The zero-order valence-electron chi connectivity index (χ0n) is 11.2. The molecule has 1 atom stereocenters. The third-order valence-corrected chi connectivity index (χ3v) is 3.70. The third-order valence-electron chi connectivity index (χ3n) is 3.06. The number of aliphatic hydroxyl groups is 1. The molecule has 1 aromatic rings. The van der Waals surface area contributed by atoms with Crippen molar-refractivity contribution in [3.63, 3.8) is 0 Å². The number of carbonyl (C=O) groups excluding carboxylic acids is 1. The van der Waals surface area contributed by atoms with Crippen LogP contribution in [0.3, 0.4) is 0 Å². The number of phenolic OH excluding ortho intramolecular Hbond substituents is 1. The first kappa shape index (κ1) is 15.8. The van der Waals surface area contributed by atoms with Crippen molar-refractivity contribution >= 4 is 33.3 Å². The predicted molar refractivity (Wildman–Crippen MR) is 74.9 cm³/mol. The fraction of sp³-hybridized carbons (Fsp3) is 0.417. The van der Waals surface area contributed by atoms with E-state index in [4.69, 9.17) is 4.74 Å². The molecule has 0 fully saturated rings. The largest absolute Gasteiger partial charge is 0.504 e. The number of hydroxylamine groups is 2. The highest BCUT2D eigenvalue weighted by Crippen LogP contribution is 2.50. The second-order valence-electron chi connectivity index (χ2n) is 4.54. The van der Waals surface area contributed by atoms with E-state index in [-0.39, 0.29) is 32.4 Å². The van der Waals surface area contributed by atoms with Crippen molar-refractivity contribution in [2.24, 2.45) is 0 Å². The molecule has 2 rings (SSSR count). The number of halogens is 1. The van der Waals surface area contributed by atoms with E-state index in [1.807, 2.05) is 6.92 Å². The maximum absolute atomic E-state index is 11.6. The van der Waals surface area contributed by atoms with Gasteiger partial charge in [0.2, 0.25) is 0 Å². The van der Waals surface area contributed by atoms with E-state index in [9.17, 15) is 25.4 Å². The number of benzene rings is 1. The van der Waals surface area contributed by atoms with Crippen LogP contribution in [0.2, 0.25) is 0 Å². The van der Waals surface area contributed by atoms with E-state index < -0.39 is 17.8 Å². The van der Waals surface area contributed by atoms with Crippen LogP contribution in [0.25, 0.3) is 0 Å². The topological polar surface area (TPSA) is 114 Å². The molecule has 0 amide bonds. The highest BCUT2D eigenvalue weighted by atomic mass is 79.9. The molecule has 0 aliphatic carbocycles. The number of carbonyl (C=O) groups is 1. The predicted octanol–water partition coefficient (Wildman–Crippen LogP) is 1.90. The lowest BCUT2D eigenvalue weighted by atomic mass is 10.2. The number of esters is 1. The molecule has 0 saturated heterocycles. The van der Waals surface area contributed by atoms with Crippen LogP contribution < -0.4 is 10.1 Å².